The molecule has 2 aromatic carbocycles. The number of aliphatic hydroxyl groups excluding tert-OH is 4. The number of nitrogens with one attached hydrogen (secondary N) is 3. The molecule has 2 fully saturated rings. The summed E-state index contributed by atoms with van der Waals surface area (Å²) in [6, 6.07) is 11.5. The van der Waals surface area contributed by atoms with Crippen LogP contribution >= 0.6 is 0 Å². The summed E-state index contributed by atoms with van der Waals surface area (Å²) in [4.78, 5) is 74.3. The molecule has 362 valence electrons. The maximum absolute atomic E-state index is 13.7. The zero-order valence-corrected chi connectivity index (χ0v) is 37.6. The minimum absolute atomic E-state index is 0.00805. The fourth-order valence-electron chi connectivity index (χ4n) is 9.03. The number of methoxy groups -OCH3 is 1. The lowest BCUT2D eigenvalue weighted by atomic mass is 9.84. The smallest absolute Gasteiger partial charge is 0.326 e. The molecule has 67 heavy (non-hydrogen) atoms. The summed E-state index contributed by atoms with van der Waals surface area (Å²) in [6.45, 7) is 4.33. The summed E-state index contributed by atoms with van der Waals surface area (Å²) in [5.74, 6) is -4.22. The third kappa shape index (κ3) is 12.3. The predicted molar refractivity (Wildman–Crippen MR) is 237 cm³/mol. The number of aliphatic hydroxyl groups is 4. The minimum Gasteiger partial charge on any atom is -0.481 e. The van der Waals surface area contributed by atoms with Crippen LogP contribution in [0, 0.1) is 0 Å². The Morgan fingerprint density at radius 2 is 1.61 bits per heavy atom. The number of aryl methyl sites for hydroxylation is 1. The molecule has 6 rings (SSSR count). The Balaban J connectivity index is 1.03. The van der Waals surface area contributed by atoms with E-state index in [-0.39, 0.29) is 30.1 Å². The molecule has 2 aliphatic heterocycles. The highest BCUT2D eigenvalue weighted by Crippen LogP contribution is 2.39. The van der Waals surface area contributed by atoms with E-state index in [1.165, 1.54) is 14.0 Å². The topological polar surface area (TPSA) is 297 Å². The van der Waals surface area contributed by atoms with E-state index in [1.54, 1.807) is 43.3 Å². The third-order valence-corrected chi connectivity index (χ3v) is 12.6. The lowest BCUT2D eigenvalue weighted by molar-refractivity contribution is -0.325. The Morgan fingerprint density at radius 1 is 0.910 bits per heavy atom. The van der Waals surface area contributed by atoms with Gasteiger partial charge in [-0.05, 0) is 91.5 Å². The lowest BCUT2D eigenvalue weighted by Gasteiger charge is -2.47. The second-order valence-corrected chi connectivity index (χ2v) is 17.4. The third-order valence-electron chi connectivity index (χ3n) is 12.6. The molecule has 9 N–H and O–H groups in total. The number of carbonyl (C=O) groups is 6. The van der Waals surface area contributed by atoms with Crippen LogP contribution in [0.2, 0.25) is 0 Å². The van der Waals surface area contributed by atoms with Gasteiger partial charge in [-0.3, -0.25) is 24.0 Å². The molecular weight excluding hydrogens is 875 g/mol. The fraction of sp³-hybridized carbons (Fsp3) is 0.500. The van der Waals surface area contributed by atoms with Gasteiger partial charge in [-0.1, -0.05) is 48.9 Å². The van der Waals surface area contributed by atoms with Crippen LogP contribution in [-0.4, -0.2) is 147 Å². The zero-order chi connectivity index (χ0) is 48.7. The lowest BCUT2D eigenvalue weighted by Crippen LogP contribution is -2.67. The number of ketones is 1. The molecule has 2 aliphatic carbocycles. The van der Waals surface area contributed by atoms with Crippen LogP contribution in [-0.2, 0) is 49.3 Å². The van der Waals surface area contributed by atoms with Gasteiger partial charge < -0.3 is 65.5 Å². The van der Waals surface area contributed by atoms with Crippen molar-refractivity contribution >= 4 is 41.1 Å². The summed E-state index contributed by atoms with van der Waals surface area (Å²) in [5, 5.41) is 68.8. The highest BCUT2D eigenvalue weighted by molar-refractivity contribution is 6.04. The number of anilines is 1. The van der Waals surface area contributed by atoms with Crippen molar-refractivity contribution in [3.05, 3.63) is 99.7 Å². The normalized spacial score (nSPS) is 28.1. The van der Waals surface area contributed by atoms with Gasteiger partial charge in [0.2, 0.25) is 5.91 Å². The summed E-state index contributed by atoms with van der Waals surface area (Å²) >= 11 is 0. The molecule has 0 saturated carbocycles. The number of Topliss-reactive ketones (excluding diaryl/α,β-unsaturated/α-hetero) is 1. The van der Waals surface area contributed by atoms with Gasteiger partial charge >= 0.3 is 11.9 Å². The number of hydrogen-bond acceptors (Lipinski definition) is 14. The minimum atomic E-state index is -1.74. The van der Waals surface area contributed by atoms with E-state index in [1.807, 2.05) is 19.1 Å². The van der Waals surface area contributed by atoms with E-state index in [0.29, 0.717) is 31.4 Å². The van der Waals surface area contributed by atoms with Crippen LogP contribution in [0.1, 0.15) is 86.7 Å². The van der Waals surface area contributed by atoms with Crippen molar-refractivity contribution in [2.45, 2.75) is 139 Å². The van der Waals surface area contributed by atoms with Gasteiger partial charge in [0.25, 0.3) is 11.8 Å². The maximum atomic E-state index is 13.7. The van der Waals surface area contributed by atoms with E-state index in [0.717, 1.165) is 33.4 Å². The van der Waals surface area contributed by atoms with E-state index in [2.05, 4.69) is 28.1 Å². The van der Waals surface area contributed by atoms with Crippen molar-refractivity contribution in [3.63, 3.8) is 0 Å². The molecule has 5 unspecified atom stereocenters. The van der Waals surface area contributed by atoms with E-state index in [4.69, 9.17) is 24.1 Å². The number of hydrogen-bond donors (Lipinski definition) is 9. The standard InChI is InChI=1S/C48H59N3O16/c1-23(19-27-20-31-12-11-29(37(31)34(54)21-27)8-5-26-6-9-30(10-7-26)45(60)51-33(47(62)63)17-18-36(55)56)28-13-15-32(16-14-28)50-46(61)44-43(64-4)40(58)41(59)48(67-44)66-42-38(49-25(3)53)24(2)65-35(22-52)39(42)57/h6-7,9-11,13-16,20,23-24,33,35,38-44,48,52,57-59H,5,8,12,17-19,21-22H2,1-4H3,(H,49,53)(H,50,61)(H,51,60)(H,55,56)(H,62,63)/t23?,24-,33-,35?,38?,39+,40+,41?,42+,43+,44?,48+/m0/s1. The average Bonchev–Trinajstić information content (AvgIpc) is 3.71. The Morgan fingerprint density at radius 3 is 2.24 bits per heavy atom. The molecule has 2 aromatic rings. The Kier molecular flexibility index (Phi) is 17.0. The molecule has 0 radical (unpaired) electrons. The van der Waals surface area contributed by atoms with Crippen LogP contribution in [0.5, 0.6) is 0 Å². The van der Waals surface area contributed by atoms with E-state index >= 15 is 0 Å². The van der Waals surface area contributed by atoms with E-state index in [9.17, 15) is 54.3 Å². The second-order valence-electron chi connectivity index (χ2n) is 17.4. The number of benzene rings is 2. The number of ether oxygens (including phenoxy) is 4. The van der Waals surface area contributed by atoms with Gasteiger partial charge in [-0.2, -0.15) is 0 Å². The molecule has 4 aliphatic rings. The van der Waals surface area contributed by atoms with Gasteiger partial charge in [0.15, 0.2) is 18.2 Å². The van der Waals surface area contributed by atoms with Crippen LogP contribution in [0.4, 0.5) is 5.69 Å². The fourth-order valence-corrected chi connectivity index (χ4v) is 9.03. The zero-order valence-electron chi connectivity index (χ0n) is 37.6. The molecule has 0 spiro atoms. The summed E-state index contributed by atoms with van der Waals surface area (Å²) in [5.41, 5.74) is 6.19. The van der Waals surface area contributed by atoms with Crippen molar-refractivity contribution in [3.8, 4) is 0 Å². The van der Waals surface area contributed by atoms with Crippen molar-refractivity contribution in [2.24, 2.45) is 0 Å². The average molecular weight is 934 g/mol. The van der Waals surface area contributed by atoms with Gasteiger partial charge in [-0.25, -0.2) is 4.79 Å². The van der Waals surface area contributed by atoms with E-state index < -0.39 is 110 Å². The van der Waals surface area contributed by atoms with Crippen molar-refractivity contribution in [1.29, 1.82) is 0 Å². The van der Waals surface area contributed by atoms with Crippen LogP contribution in [0.3, 0.4) is 0 Å². The number of amides is 3. The predicted octanol–water partition coefficient (Wildman–Crippen LogP) is 1.82. The Labute approximate surface area is 386 Å². The second kappa shape index (κ2) is 22.4. The number of allylic oxidation sites excluding steroid dienone is 6. The highest BCUT2D eigenvalue weighted by Gasteiger charge is 2.52. The van der Waals surface area contributed by atoms with Gasteiger partial charge in [0, 0.05) is 43.7 Å². The van der Waals surface area contributed by atoms with Crippen molar-refractivity contribution in [1.82, 2.24) is 10.6 Å². The number of rotatable bonds is 19. The maximum Gasteiger partial charge on any atom is 0.326 e. The van der Waals surface area contributed by atoms with Crippen LogP contribution in [0.25, 0.3) is 0 Å². The molecule has 3 amide bonds. The number of carboxylic acids is 2. The number of carbonyl (C=O) groups excluding carboxylic acids is 4. The highest BCUT2D eigenvalue weighted by atomic mass is 16.7. The van der Waals surface area contributed by atoms with Crippen molar-refractivity contribution in [2.75, 3.05) is 19.0 Å². The first-order valence-corrected chi connectivity index (χ1v) is 22.2. The van der Waals surface area contributed by atoms with Gasteiger partial charge in [0.05, 0.1) is 18.8 Å². The molecule has 2 saturated heterocycles. The van der Waals surface area contributed by atoms with Crippen molar-refractivity contribution < 1.29 is 78.4 Å². The molecule has 0 bridgehead atoms. The Hall–Kier alpha value is -5.64. The summed E-state index contributed by atoms with van der Waals surface area (Å²) < 4.78 is 22.9. The molecule has 12 atom stereocenters. The number of carboxylic acid groups (broad SMARTS) is 2. The van der Waals surface area contributed by atoms with Crippen LogP contribution < -0.4 is 16.0 Å². The molecule has 2 heterocycles. The first-order chi connectivity index (χ1) is 31.9. The molecule has 19 nitrogen and oxygen atoms in total. The van der Waals surface area contributed by atoms with Gasteiger partial charge in [-0.15, -0.1) is 0 Å². The van der Waals surface area contributed by atoms with Crippen LogP contribution in [0.15, 0.2) is 83.0 Å². The first kappa shape index (κ1) is 50.8. The summed E-state index contributed by atoms with van der Waals surface area (Å²) in [7, 11) is 1.24. The monoisotopic (exact) mass is 933 g/mol. The van der Waals surface area contributed by atoms with Gasteiger partial charge in [0.1, 0.15) is 42.7 Å². The molecule has 19 heteroatoms. The Bertz CT molecular complexity index is 2260. The summed E-state index contributed by atoms with van der Waals surface area (Å²) in [6.07, 6.45) is -6.21. The molecule has 0 aromatic heterocycles. The first-order valence-electron chi connectivity index (χ1n) is 22.2. The molecular formula is C48H59N3O16. The largest absolute Gasteiger partial charge is 0.481 e. The quantitative estimate of drug-likeness (QED) is 0.0971. The SMILES string of the molecule is CO[C@H]1C(C(=O)Nc2ccc(C(C)CC3=CC4=C(C(=O)C3)C(CCc3ccc(C(=O)N[C@@H](CCC(=O)O)C(=O)O)cc3)=CC4)cc2)O[C@@H](O[C@@H]2C(NC(C)=O)[C@H](C)OC(CO)[C@H]2O)C(O)[C@H]1O. The number of aliphatic carboxylic acids is 2.